The van der Waals surface area contributed by atoms with Crippen LogP contribution in [0.25, 0.3) is 12.2 Å². The van der Waals surface area contributed by atoms with Gasteiger partial charge >= 0.3 is 0 Å². The molecule has 33 heavy (non-hydrogen) atoms. The summed E-state index contributed by atoms with van der Waals surface area (Å²) >= 11 is 0. The molecule has 0 unspecified atom stereocenters. The Labute approximate surface area is 200 Å². The van der Waals surface area contributed by atoms with Gasteiger partial charge in [0.25, 0.3) is 0 Å². The van der Waals surface area contributed by atoms with Crippen molar-refractivity contribution in [3.8, 4) is 11.5 Å². The summed E-state index contributed by atoms with van der Waals surface area (Å²) in [5.41, 5.74) is 1.96. The zero-order valence-electron chi connectivity index (χ0n) is 20.4. The van der Waals surface area contributed by atoms with Crippen molar-refractivity contribution in [2.24, 2.45) is 0 Å². The normalized spacial score (nSPS) is 11.3. The topological polar surface area (TPSA) is 35.5 Å². The van der Waals surface area contributed by atoms with Crippen molar-refractivity contribution < 1.29 is 14.3 Å². The van der Waals surface area contributed by atoms with Crippen LogP contribution in [-0.2, 0) is 4.79 Å². The van der Waals surface area contributed by atoms with Crippen LogP contribution in [-0.4, -0.2) is 19.0 Å². The van der Waals surface area contributed by atoms with Gasteiger partial charge < -0.3 is 9.47 Å². The summed E-state index contributed by atoms with van der Waals surface area (Å²) < 4.78 is 11.5. The minimum absolute atomic E-state index is 0.0429. The Morgan fingerprint density at radius 1 is 0.606 bits per heavy atom. The molecule has 2 rings (SSSR count). The zero-order chi connectivity index (χ0) is 23.6. The second-order valence-corrected chi connectivity index (χ2v) is 8.38. The number of unbranched alkanes of at least 4 members (excludes halogenated alkanes) is 7. The highest BCUT2D eigenvalue weighted by Crippen LogP contribution is 2.16. The first-order valence-electron chi connectivity index (χ1n) is 12.6. The van der Waals surface area contributed by atoms with Crippen LogP contribution >= 0.6 is 0 Å². The fourth-order valence-electron chi connectivity index (χ4n) is 3.38. The molecular weight excluding hydrogens is 408 g/mol. The Hall–Kier alpha value is -2.81. The van der Waals surface area contributed by atoms with E-state index in [2.05, 4.69) is 13.8 Å². The van der Waals surface area contributed by atoms with Gasteiger partial charge in [0.05, 0.1) is 13.2 Å². The molecule has 3 nitrogen and oxygen atoms in total. The van der Waals surface area contributed by atoms with Crippen molar-refractivity contribution in [1.82, 2.24) is 0 Å². The highest BCUT2D eigenvalue weighted by Gasteiger charge is 1.97. The Morgan fingerprint density at radius 2 is 1.00 bits per heavy atom. The molecule has 0 fully saturated rings. The lowest BCUT2D eigenvalue weighted by Crippen LogP contribution is -1.97. The van der Waals surface area contributed by atoms with Crippen LogP contribution in [0.5, 0.6) is 11.5 Å². The fourth-order valence-corrected chi connectivity index (χ4v) is 3.38. The third kappa shape index (κ3) is 12.1. The van der Waals surface area contributed by atoms with Crippen molar-refractivity contribution in [3.05, 3.63) is 71.8 Å². The van der Waals surface area contributed by atoms with Crippen molar-refractivity contribution >= 4 is 17.9 Å². The molecule has 3 heteroatoms. The van der Waals surface area contributed by atoms with Crippen LogP contribution in [0, 0.1) is 0 Å². The Balaban J connectivity index is 1.71. The Kier molecular flexibility index (Phi) is 13.4. The van der Waals surface area contributed by atoms with Gasteiger partial charge in [0.1, 0.15) is 11.5 Å². The maximum atomic E-state index is 12.2. The summed E-state index contributed by atoms with van der Waals surface area (Å²) in [6.07, 6.45) is 17.8. The summed E-state index contributed by atoms with van der Waals surface area (Å²) in [5.74, 6) is 1.71. The van der Waals surface area contributed by atoms with Crippen molar-refractivity contribution in [2.45, 2.75) is 71.6 Å². The van der Waals surface area contributed by atoms with Gasteiger partial charge in [-0.05, 0) is 60.4 Å². The van der Waals surface area contributed by atoms with Crippen molar-refractivity contribution in [1.29, 1.82) is 0 Å². The average Bonchev–Trinajstić information content (AvgIpc) is 2.85. The molecule has 0 amide bonds. The molecule has 0 aliphatic rings. The number of carbonyl (C=O) groups excluding carboxylic acids is 1. The minimum Gasteiger partial charge on any atom is -0.494 e. The van der Waals surface area contributed by atoms with Gasteiger partial charge in [-0.1, -0.05) is 95.2 Å². The van der Waals surface area contributed by atoms with Gasteiger partial charge in [-0.15, -0.1) is 0 Å². The van der Waals surface area contributed by atoms with Crippen molar-refractivity contribution in [3.63, 3.8) is 0 Å². The van der Waals surface area contributed by atoms with E-state index in [9.17, 15) is 4.79 Å². The van der Waals surface area contributed by atoms with Crippen molar-refractivity contribution in [2.75, 3.05) is 13.2 Å². The van der Waals surface area contributed by atoms with Crippen LogP contribution in [0.2, 0.25) is 0 Å². The van der Waals surface area contributed by atoms with E-state index in [0.717, 1.165) is 48.7 Å². The van der Waals surface area contributed by atoms with Gasteiger partial charge in [0.15, 0.2) is 5.78 Å². The number of benzene rings is 2. The van der Waals surface area contributed by atoms with E-state index in [1.807, 2.05) is 60.7 Å². The molecule has 178 valence electrons. The SMILES string of the molecule is CCCCCCCOc1ccc(/C=C/C(=O)/C=C/c2ccc(OCCCCCC)cc2)cc1. The first-order valence-corrected chi connectivity index (χ1v) is 12.6. The van der Waals surface area contributed by atoms with E-state index in [1.165, 1.54) is 44.9 Å². The molecule has 2 aromatic rings. The van der Waals surface area contributed by atoms with Gasteiger partial charge in [-0.2, -0.15) is 0 Å². The first-order chi connectivity index (χ1) is 16.2. The zero-order valence-corrected chi connectivity index (χ0v) is 20.4. The quantitative estimate of drug-likeness (QED) is 0.180. The lowest BCUT2D eigenvalue weighted by atomic mass is 10.1. The largest absolute Gasteiger partial charge is 0.494 e. The Morgan fingerprint density at radius 3 is 1.42 bits per heavy atom. The molecule has 0 saturated heterocycles. The smallest absolute Gasteiger partial charge is 0.178 e. The highest BCUT2D eigenvalue weighted by atomic mass is 16.5. The average molecular weight is 449 g/mol. The maximum Gasteiger partial charge on any atom is 0.178 e. The number of allylic oxidation sites excluding steroid dienone is 2. The van der Waals surface area contributed by atoms with E-state index in [1.54, 1.807) is 12.2 Å². The van der Waals surface area contributed by atoms with Crippen LogP contribution in [0.1, 0.15) is 82.8 Å². The molecule has 0 spiro atoms. The van der Waals surface area contributed by atoms with E-state index in [-0.39, 0.29) is 5.78 Å². The lowest BCUT2D eigenvalue weighted by Gasteiger charge is -2.06. The second-order valence-electron chi connectivity index (χ2n) is 8.38. The van der Waals surface area contributed by atoms with Crippen LogP contribution in [0.4, 0.5) is 0 Å². The standard InChI is InChI=1S/C30H40O3/c1-3-5-7-9-11-25-33-30-22-16-27(17-23-30)13-19-28(31)18-12-26-14-20-29(21-15-26)32-24-10-8-6-4-2/h12-23H,3-11,24-25H2,1-2H3/b18-12+,19-13+. The van der Waals surface area contributed by atoms with Crippen LogP contribution < -0.4 is 9.47 Å². The lowest BCUT2D eigenvalue weighted by molar-refractivity contribution is -0.110. The number of carbonyl (C=O) groups is 1. The van der Waals surface area contributed by atoms with Crippen LogP contribution in [0.3, 0.4) is 0 Å². The molecule has 0 bridgehead atoms. The van der Waals surface area contributed by atoms with Gasteiger partial charge in [-0.25, -0.2) is 0 Å². The molecule has 0 saturated carbocycles. The first kappa shape index (κ1) is 26.4. The van der Waals surface area contributed by atoms with E-state index < -0.39 is 0 Å². The maximum absolute atomic E-state index is 12.2. The van der Waals surface area contributed by atoms with Gasteiger partial charge in [0, 0.05) is 0 Å². The molecule has 0 aliphatic carbocycles. The molecule has 0 heterocycles. The summed E-state index contributed by atoms with van der Waals surface area (Å²) in [7, 11) is 0. The molecular formula is C30H40O3. The fraction of sp³-hybridized carbons (Fsp3) is 0.433. The second kappa shape index (κ2) is 16.8. The monoisotopic (exact) mass is 448 g/mol. The number of rotatable bonds is 17. The summed E-state index contributed by atoms with van der Waals surface area (Å²) in [5, 5.41) is 0. The predicted molar refractivity (Wildman–Crippen MR) is 140 cm³/mol. The van der Waals surface area contributed by atoms with Gasteiger partial charge in [0.2, 0.25) is 0 Å². The third-order valence-electron chi connectivity index (χ3n) is 5.42. The van der Waals surface area contributed by atoms with E-state index in [0.29, 0.717) is 0 Å². The number of hydrogen-bond donors (Lipinski definition) is 0. The Bertz CT molecular complexity index is 832. The number of ketones is 1. The molecule has 0 atom stereocenters. The summed E-state index contributed by atoms with van der Waals surface area (Å²) in [4.78, 5) is 12.2. The summed E-state index contributed by atoms with van der Waals surface area (Å²) in [6.45, 7) is 5.94. The molecule has 0 radical (unpaired) electrons. The molecule has 0 N–H and O–H groups in total. The molecule has 0 aromatic heterocycles. The van der Waals surface area contributed by atoms with Crippen LogP contribution in [0.15, 0.2) is 60.7 Å². The van der Waals surface area contributed by atoms with E-state index >= 15 is 0 Å². The highest BCUT2D eigenvalue weighted by molar-refractivity contribution is 6.04. The number of ether oxygens (including phenoxy) is 2. The number of hydrogen-bond acceptors (Lipinski definition) is 3. The van der Waals surface area contributed by atoms with Gasteiger partial charge in [-0.3, -0.25) is 4.79 Å². The minimum atomic E-state index is -0.0429. The predicted octanol–water partition coefficient (Wildman–Crippen LogP) is 8.29. The van der Waals surface area contributed by atoms with E-state index in [4.69, 9.17) is 9.47 Å². The molecule has 2 aromatic carbocycles. The molecule has 0 aliphatic heterocycles. The summed E-state index contributed by atoms with van der Waals surface area (Å²) in [6, 6.07) is 15.7. The third-order valence-corrected chi connectivity index (χ3v) is 5.42.